The molecule has 6 aromatic rings. The van der Waals surface area contributed by atoms with Crippen LogP contribution in [0.3, 0.4) is 0 Å². The molecule has 0 aliphatic carbocycles. The van der Waals surface area contributed by atoms with E-state index in [4.69, 9.17) is 13.8 Å². The summed E-state index contributed by atoms with van der Waals surface area (Å²) >= 11 is 0. The first-order valence-electron chi connectivity index (χ1n) is 16.5. The average Bonchev–Trinajstić information content (AvgIpc) is 3.57. The predicted molar refractivity (Wildman–Crippen MR) is 182 cm³/mol. The van der Waals surface area contributed by atoms with Crippen LogP contribution in [-0.2, 0) is 31.9 Å². The molecule has 0 unspecified atom stereocenters. The fourth-order valence-electron chi connectivity index (χ4n) is 6.06. The van der Waals surface area contributed by atoms with Gasteiger partial charge in [0.25, 0.3) is 0 Å². The topological polar surface area (TPSA) is 33.5 Å². The van der Waals surface area contributed by atoms with Crippen molar-refractivity contribution in [3.63, 3.8) is 0 Å². The van der Waals surface area contributed by atoms with Crippen molar-refractivity contribution in [2.24, 2.45) is 0 Å². The monoisotopic (exact) mass is 776 g/mol. The van der Waals surface area contributed by atoms with Gasteiger partial charge in [-0.3, -0.25) is 0 Å². The van der Waals surface area contributed by atoms with Gasteiger partial charge in [0, 0.05) is 34.3 Å². The molecule has 1 aliphatic heterocycles. The van der Waals surface area contributed by atoms with E-state index in [2.05, 4.69) is 94.6 Å². The molecule has 0 spiro atoms. The van der Waals surface area contributed by atoms with Gasteiger partial charge < -0.3 is 19.1 Å². The fraction of sp³-hybridized carbons (Fsp3) is 0.256. The van der Waals surface area contributed by atoms with E-state index in [-0.39, 0.29) is 38.6 Å². The average molecular weight is 777 g/mol. The zero-order valence-electron chi connectivity index (χ0n) is 29.4. The number of para-hydroxylation sites is 3. The van der Waals surface area contributed by atoms with Crippen LogP contribution in [0.4, 0.5) is 17.1 Å². The smallest absolute Gasteiger partial charge is 0.509 e. The van der Waals surface area contributed by atoms with Crippen LogP contribution in [0.5, 0.6) is 11.5 Å². The van der Waals surface area contributed by atoms with E-state index in [1.54, 1.807) is 0 Å². The minimum atomic E-state index is -2.27. The third-order valence-corrected chi connectivity index (χ3v) is 8.33. The molecule has 230 valence electrons. The van der Waals surface area contributed by atoms with Gasteiger partial charge in [0.15, 0.2) is 0 Å². The molecule has 0 amide bonds. The summed E-state index contributed by atoms with van der Waals surface area (Å²) in [6.07, 6.45) is 1.89. The molecule has 1 aliphatic rings. The van der Waals surface area contributed by atoms with Crippen LogP contribution in [0.2, 0.25) is 0 Å². The van der Waals surface area contributed by atoms with Gasteiger partial charge in [-0.1, -0.05) is 83.1 Å². The summed E-state index contributed by atoms with van der Waals surface area (Å²) in [4.78, 5) is 8.25. The van der Waals surface area contributed by atoms with Crippen LogP contribution in [0, 0.1) is 12.1 Å². The summed E-state index contributed by atoms with van der Waals surface area (Å²) in [5.74, 6) is 1.89. The number of rotatable bonds is 4. The van der Waals surface area contributed by atoms with Gasteiger partial charge in [0.05, 0.1) is 18.0 Å². The van der Waals surface area contributed by atoms with E-state index < -0.39 is 6.98 Å². The fourth-order valence-corrected chi connectivity index (χ4v) is 6.06. The molecule has 5 nitrogen and oxygen atoms in total. The SMILES string of the molecule is [2H]C([2H])([2H])N1CN(c2[c-]c(Oc3[c-]c4c(cc3)c3cccc(C(C)(C)C)c3n4-c3cc(C(C)(C)C)ccn3)ccc2)c2ccccc21.[Pt+2]. The Hall–Kier alpha value is -4.08. The summed E-state index contributed by atoms with van der Waals surface area (Å²) < 4.78 is 32.9. The van der Waals surface area contributed by atoms with Crippen LogP contribution >= 0.6 is 0 Å². The number of hydrogen-bond acceptors (Lipinski definition) is 4. The van der Waals surface area contributed by atoms with Crippen molar-refractivity contribution < 1.29 is 29.9 Å². The first-order valence-corrected chi connectivity index (χ1v) is 15.0. The van der Waals surface area contributed by atoms with E-state index in [1.165, 1.54) is 16.0 Å². The first-order chi connectivity index (χ1) is 22.2. The molecular formula is C39H38N4OPt. The molecule has 0 radical (unpaired) electrons. The number of aromatic nitrogens is 2. The first kappa shape index (κ1) is 27.2. The van der Waals surface area contributed by atoms with Crippen molar-refractivity contribution in [2.45, 2.75) is 52.4 Å². The van der Waals surface area contributed by atoms with E-state index in [0.717, 1.165) is 39.0 Å². The number of nitrogens with zero attached hydrogens (tertiary/aromatic N) is 4. The van der Waals surface area contributed by atoms with Gasteiger partial charge in [0.1, 0.15) is 5.82 Å². The molecule has 4 aromatic carbocycles. The molecule has 0 bridgehead atoms. The summed E-state index contributed by atoms with van der Waals surface area (Å²) in [6, 6.07) is 34.9. The van der Waals surface area contributed by atoms with Crippen LogP contribution < -0.4 is 14.5 Å². The maximum Gasteiger partial charge on any atom is 2.00 e. The van der Waals surface area contributed by atoms with Crippen molar-refractivity contribution in [3.05, 3.63) is 114 Å². The molecule has 0 saturated carbocycles. The quantitative estimate of drug-likeness (QED) is 0.167. The minimum Gasteiger partial charge on any atom is -0.509 e. The molecule has 0 fully saturated rings. The predicted octanol–water partition coefficient (Wildman–Crippen LogP) is 9.71. The zero-order chi connectivity index (χ0) is 33.3. The van der Waals surface area contributed by atoms with Crippen molar-refractivity contribution in [2.75, 3.05) is 23.4 Å². The third-order valence-electron chi connectivity index (χ3n) is 8.33. The van der Waals surface area contributed by atoms with Crippen LogP contribution in [0.25, 0.3) is 27.6 Å². The third kappa shape index (κ3) is 5.53. The van der Waals surface area contributed by atoms with Gasteiger partial charge in [-0.15, -0.1) is 35.7 Å². The molecule has 0 atom stereocenters. The number of anilines is 3. The Labute approximate surface area is 284 Å². The van der Waals surface area contributed by atoms with Crippen LogP contribution in [-0.4, -0.2) is 23.2 Å². The van der Waals surface area contributed by atoms with Gasteiger partial charge in [0.2, 0.25) is 0 Å². The summed E-state index contributed by atoms with van der Waals surface area (Å²) in [7, 11) is 0. The molecule has 2 aromatic heterocycles. The maximum atomic E-state index is 8.07. The van der Waals surface area contributed by atoms with Crippen LogP contribution in [0.1, 0.15) is 56.8 Å². The molecule has 0 N–H and O–H groups in total. The number of ether oxygens (including phenoxy) is 1. The molecule has 45 heavy (non-hydrogen) atoms. The summed E-state index contributed by atoms with van der Waals surface area (Å²) in [5.41, 5.74) is 6.46. The van der Waals surface area contributed by atoms with Crippen molar-refractivity contribution >= 4 is 38.9 Å². The Morgan fingerprint density at radius 1 is 0.778 bits per heavy atom. The van der Waals surface area contributed by atoms with Crippen molar-refractivity contribution in [1.29, 1.82) is 0 Å². The number of pyridine rings is 1. The second-order valence-electron chi connectivity index (χ2n) is 13.5. The van der Waals surface area contributed by atoms with Crippen LogP contribution in [0.15, 0.2) is 91.1 Å². The Morgan fingerprint density at radius 2 is 1.53 bits per heavy atom. The molecule has 3 heterocycles. The normalized spacial score (nSPS) is 14.6. The Kier molecular flexibility index (Phi) is 6.89. The Balaban J connectivity index is 0.00000401. The second-order valence-corrected chi connectivity index (χ2v) is 13.5. The number of hydrogen-bond donors (Lipinski definition) is 0. The summed E-state index contributed by atoms with van der Waals surface area (Å²) in [6.45, 7) is 11.3. The number of benzene rings is 4. The van der Waals surface area contributed by atoms with Gasteiger partial charge >= 0.3 is 21.1 Å². The molecule has 6 heteroatoms. The molecule has 0 saturated heterocycles. The van der Waals surface area contributed by atoms with Crippen molar-refractivity contribution in [3.8, 4) is 17.3 Å². The van der Waals surface area contributed by atoms with E-state index in [1.807, 2.05) is 59.6 Å². The molecule has 7 rings (SSSR count). The van der Waals surface area contributed by atoms with Gasteiger partial charge in [-0.05, 0) is 51.6 Å². The summed E-state index contributed by atoms with van der Waals surface area (Å²) in [5, 5.41) is 2.20. The van der Waals surface area contributed by atoms with Gasteiger partial charge in [-0.2, -0.15) is 12.1 Å². The molecular weight excluding hydrogens is 736 g/mol. The Bertz CT molecular complexity index is 2140. The Morgan fingerprint density at radius 3 is 2.29 bits per heavy atom. The minimum absolute atomic E-state index is 0. The maximum absolute atomic E-state index is 8.07. The van der Waals surface area contributed by atoms with Crippen molar-refractivity contribution in [1.82, 2.24) is 9.55 Å². The van der Waals surface area contributed by atoms with E-state index in [0.29, 0.717) is 17.2 Å². The van der Waals surface area contributed by atoms with E-state index >= 15 is 0 Å². The standard InChI is InChI=1S/C39H38N4O.Pt/c1-38(2,3)26-20-21-40-36(22-26)43-35-24-29(18-19-30(35)31-14-11-15-32(37(31)43)39(4,5)6)44-28-13-10-12-27(23-28)42-25-41(7)33-16-8-9-17-34(33)42;/h8-22H,25H2,1-7H3;/q-2;+2/i7D3;. The largest absolute Gasteiger partial charge is 2.00 e. The van der Waals surface area contributed by atoms with Gasteiger partial charge in [-0.25, -0.2) is 4.98 Å². The second kappa shape index (κ2) is 11.4. The van der Waals surface area contributed by atoms with E-state index in [9.17, 15) is 0 Å². The zero-order valence-corrected chi connectivity index (χ0v) is 28.7. The number of fused-ring (bicyclic) bond motifs is 4.